The van der Waals surface area contributed by atoms with E-state index < -0.39 is 0 Å². The monoisotopic (exact) mass is 565 g/mol. The van der Waals surface area contributed by atoms with Crippen molar-refractivity contribution in [3.05, 3.63) is 53.9 Å². The van der Waals surface area contributed by atoms with Gasteiger partial charge in [-0.05, 0) is 25.5 Å². The fourth-order valence-electron chi connectivity index (χ4n) is 3.63. The number of hydrogen-bond donors (Lipinski definition) is 2. The van der Waals surface area contributed by atoms with Crippen molar-refractivity contribution in [3.8, 4) is 0 Å². The number of carbonyl (C=O) groups is 1. The molecule has 2 heterocycles. The van der Waals surface area contributed by atoms with Gasteiger partial charge >= 0.3 is 0 Å². The van der Waals surface area contributed by atoms with Gasteiger partial charge in [0.2, 0.25) is 11.9 Å². The lowest BCUT2D eigenvalue weighted by molar-refractivity contribution is -0.131. The van der Waals surface area contributed by atoms with Crippen molar-refractivity contribution >= 4 is 41.8 Å². The average Bonchev–Trinajstić information content (AvgIpc) is 2.83. The number of amides is 1. The Morgan fingerprint density at radius 3 is 2.39 bits per heavy atom. The molecule has 0 spiro atoms. The summed E-state index contributed by atoms with van der Waals surface area (Å²) >= 11 is 0. The topological polar surface area (TPSA) is 85.8 Å². The van der Waals surface area contributed by atoms with Crippen LogP contribution in [0.25, 0.3) is 0 Å². The molecule has 180 valence electrons. The fourth-order valence-corrected chi connectivity index (χ4v) is 3.63. The number of piperazine rings is 1. The summed E-state index contributed by atoms with van der Waals surface area (Å²) in [6.07, 6.45) is 3.94. The number of rotatable bonds is 8. The van der Waals surface area contributed by atoms with Crippen molar-refractivity contribution in [1.29, 1.82) is 0 Å². The summed E-state index contributed by atoms with van der Waals surface area (Å²) in [6, 6.07) is 10.4. The summed E-state index contributed by atoms with van der Waals surface area (Å²) in [7, 11) is 0. The van der Waals surface area contributed by atoms with Crippen LogP contribution in [0.4, 0.5) is 5.95 Å². The summed E-state index contributed by atoms with van der Waals surface area (Å²) in [5, 5.41) is 6.57. The van der Waals surface area contributed by atoms with Gasteiger partial charge in [0.15, 0.2) is 5.96 Å². The van der Waals surface area contributed by atoms with Crippen LogP contribution in [-0.4, -0.2) is 72.5 Å². The number of aryl methyl sites for hydroxylation is 1. The molecule has 1 aliphatic heterocycles. The molecular weight excluding hydrogens is 529 g/mol. The Morgan fingerprint density at radius 2 is 1.76 bits per heavy atom. The predicted molar refractivity (Wildman–Crippen MR) is 144 cm³/mol. The number of aromatic nitrogens is 2. The first-order chi connectivity index (χ1) is 15.6. The first-order valence-electron chi connectivity index (χ1n) is 11.4. The fraction of sp³-hybridized carbons (Fsp3) is 0.500. The van der Waals surface area contributed by atoms with Gasteiger partial charge in [0.25, 0.3) is 0 Å². The van der Waals surface area contributed by atoms with Crippen LogP contribution >= 0.6 is 24.0 Å². The lowest BCUT2D eigenvalue weighted by Gasteiger charge is -2.34. The van der Waals surface area contributed by atoms with Gasteiger partial charge in [-0.1, -0.05) is 36.8 Å². The predicted octanol–water partition coefficient (Wildman–Crippen LogP) is 2.80. The summed E-state index contributed by atoms with van der Waals surface area (Å²) in [5.74, 6) is 1.98. The van der Waals surface area contributed by atoms with Crippen molar-refractivity contribution in [1.82, 2.24) is 25.5 Å². The number of benzene rings is 1. The van der Waals surface area contributed by atoms with Gasteiger partial charge in [0, 0.05) is 70.5 Å². The Balaban J connectivity index is 0.00000385. The minimum atomic E-state index is 0. The maximum absolute atomic E-state index is 12.6. The molecule has 0 radical (unpaired) electrons. The largest absolute Gasteiger partial charge is 0.357 e. The van der Waals surface area contributed by atoms with Gasteiger partial charge in [-0.25, -0.2) is 9.97 Å². The van der Waals surface area contributed by atoms with Crippen LogP contribution in [0, 0.1) is 6.92 Å². The van der Waals surface area contributed by atoms with E-state index in [2.05, 4.69) is 63.6 Å². The summed E-state index contributed by atoms with van der Waals surface area (Å²) in [4.78, 5) is 30.0. The molecular formula is C24H36IN7O. The first-order valence-corrected chi connectivity index (χ1v) is 11.4. The number of guanidine groups is 1. The van der Waals surface area contributed by atoms with Crippen LogP contribution in [-0.2, 0) is 4.79 Å². The minimum absolute atomic E-state index is 0. The highest BCUT2D eigenvalue weighted by Gasteiger charge is 2.22. The maximum Gasteiger partial charge on any atom is 0.225 e. The third-order valence-corrected chi connectivity index (χ3v) is 5.61. The lowest BCUT2D eigenvalue weighted by atomic mass is 10.0. The van der Waals surface area contributed by atoms with Crippen LogP contribution in [0.3, 0.4) is 0 Å². The SMILES string of the molecule is CCNC(=NCC(C)c1ccc(C)cc1)NCCC(=O)N1CCN(c2ncccn2)CC1.I. The molecule has 0 bridgehead atoms. The molecule has 1 aromatic carbocycles. The van der Waals surface area contributed by atoms with E-state index in [0.717, 1.165) is 31.5 Å². The van der Waals surface area contributed by atoms with Gasteiger partial charge in [-0.2, -0.15) is 0 Å². The molecule has 1 amide bonds. The number of nitrogens with zero attached hydrogens (tertiary/aromatic N) is 5. The zero-order valence-corrected chi connectivity index (χ0v) is 22.2. The lowest BCUT2D eigenvalue weighted by Crippen LogP contribution is -2.50. The molecule has 0 saturated carbocycles. The van der Waals surface area contributed by atoms with Crippen molar-refractivity contribution in [2.24, 2.45) is 4.99 Å². The van der Waals surface area contributed by atoms with Crippen LogP contribution in [0.15, 0.2) is 47.7 Å². The molecule has 8 nitrogen and oxygen atoms in total. The number of aliphatic imine (C=N–C) groups is 1. The number of halogens is 1. The van der Waals surface area contributed by atoms with Crippen molar-refractivity contribution in [3.63, 3.8) is 0 Å². The normalized spacial score (nSPS) is 14.9. The van der Waals surface area contributed by atoms with E-state index in [1.54, 1.807) is 12.4 Å². The van der Waals surface area contributed by atoms with Gasteiger partial charge < -0.3 is 20.4 Å². The minimum Gasteiger partial charge on any atom is -0.357 e. The molecule has 2 aromatic rings. The van der Waals surface area contributed by atoms with E-state index in [4.69, 9.17) is 4.99 Å². The molecule has 3 rings (SSSR count). The zero-order chi connectivity index (χ0) is 22.8. The molecule has 1 atom stereocenters. The maximum atomic E-state index is 12.6. The van der Waals surface area contributed by atoms with Gasteiger partial charge in [-0.3, -0.25) is 9.79 Å². The Hall–Kier alpha value is -2.43. The van der Waals surface area contributed by atoms with Crippen LogP contribution < -0.4 is 15.5 Å². The number of carbonyl (C=O) groups excluding carboxylic acids is 1. The van der Waals surface area contributed by atoms with E-state index in [9.17, 15) is 4.79 Å². The van der Waals surface area contributed by atoms with E-state index in [1.807, 2.05) is 17.9 Å². The number of hydrogen-bond acceptors (Lipinski definition) is 5. The van der Waals surface area contributed by atoms with Crippen molar-refractivity contribution in [2.75, 3.05) is 50.7 Å². The molecule has 0 aliphatic carbocycles. The molecule has 33 heavy (non-hydrogen) atoms. The molecule has 2 N–H and O–H groups in total. The van der Waals surface area contributed by atoms with Crippen LogP contribution in [0.2, 0.25) is 0 Å². The molecule has 1 fully saturated rings. The van der Waals surface area contributed by atoms with Gasteiger partial charge in [-0.15, -0.1) is 24.0 Å². The highest BCUT2D eigenvalue weighted by atomic mass is 127. The standard InChI is InChI=1S/C24H35N7O.HI/c1-4-25-23(29-18-20(3)21-8-6-19(2)7-9-21)26-13-10-22(32)30-14-16-31(17-15-30)24-27-11-5-12-28-24;/h5-9,11-12,20H,4,10,13-18H2,1-3H3,(H2,25,26,29);1H. The molecule has 1 unspecified atom stereocenters. The third kappa shape index (κ3) is 8.45. The molecule has 9 heteroatoms. The Bertz CT molecular complexity index is 868. The Morgan fingerprint density at radius 1 is 1.09 bits per heavy atom. The second kappa shape index (κ2) is 14.0. The van der Waals surface area contributed by atoms with E-state index in [1.165, 1.54) is 11.1 Å². The smallest absolute Gasteiger partial charge is 0.225 e. The van der Waals surface area contributed by atoms with Crippen molar-refractivity contribution < 1.29 is 4.79 Å². The first kappa shape index (κ1) is 26.8. The molecule has 1 saturated heterocycles. The highest BCUT2D eigenvalue weighted by Crippen LogP contribution is 2.16. The Labute approximate surface area is 214 Å². The number of nitrogens with one attached hydrogen (secondary N) is 2. The van der Waals surface area contributed by atoms with Crippen LogP contribution in [0.5, 0.6) is 0 Å². The van der Waals surface area contributed by atoms with Gasteiger partial charge in [0.05, 0.1) is 0 Å². The van der Waals surface area contributed by atoms with E-state index in [-0.39, 0.29) is 29.9 Å². The molecule has 1 aliphatic rings. The summed E-state index contributed by atoms with van der Waals surface area (Å²) in [6.45, 7) is 11.2. The highest BCUT2D eigenvalue weighted by molar-refractivity contribution is 14.0. The van der Waals surface area contributed by atoms with E-state index in [0.29, 0.717) is 38.5 Å². The zero-order valence-electron chi connectivity index (χ0n) is 19.8. The quantitative estimate of drug-likeness (QED) is 0.291. The van der Waals surface area contributed by atoms with E-state index >= 15 is 0 Å². The summed E-state index contributed by atoms with van der Waals surface area (Å²) < 4.78 is 0. The second-order valence-corrected chi connectivity index (χ2v) is 8.12. The third-order valence-electron chi connectivity index (χ3n) is 5.61. The molecule has 1 aromatic heterocycles. The second-order valence-electron chi connectivity index (χ2n) is 8.12. The van der Waals surface area contributed by atoms with Crippen LogP contribution in [0.1, 0.15) is 37.3 Å². The average molecular weight is 566 g/mol. The summed E-state index contributed by atoms with van der Waals surface area (Å²) in [5.41, 5.74) is 2.55. The van der Waals surface area contributed by atoms with Crippen molar-refractivity contribution in [2.45, 2.75) is 33.1 Å². The van der Waals surface area contributed by atoms with Gasteiger partial charge in [0.1, 0.15) is 0 Å². The Kier molecular flexibility index (Phi) is 11.4. The number of anilines is 1.